The minimum atomic E-state index is -0.999. The number of amides is 4. The quantitative estimate of drug-likeness (QED) is 0.300. The number of benzene rings is 2. The van der Waals surface area contributed by atoms with E-state index in [1.807, 2.05) is 0 Å². The summed E-state index contributed by atoms with van der Waals surface area (Å²) in [4.78, 5) is 58.7. The van der Waals surface area contributed by atoms with Gasteiger partial charge in [0.05, 0.1) is 17.5 Å². The van der Waals surface area contributed by atoms with Crippen LogP contribution in [0, 0.1) is 11.6 Å². The number of nitrogens with one attached hydrogen (secondary N) is 2. The summed E-state index contributed by atoms with van der Waals surface area (Å²) in [5.74, 6) is -1.84. The normalized spacial score (nSPS) is 14.0. The Bertz CT molecular complexity index is 1630. The molecule has 252 valence electrons. The van der Waals surface area contributed by atoms with Gasteiger partial charge in [0.15, 0.2) is 0 Å². The van der Waals surface area contributed by atoms with Gasteiger partial charge in [0.2, 0.25) is 11.8 Å². The fourth-order valence-corrected chi connectivity index (χ4v) is 5.06. The largest absolute Gasteiger partial charge is 0.447 e. The summed E-state index contributed by atoms with van der Waals surface area (Å²) in [5, 5.41) is 4.66. The number of piperazine rings is 1. The Morgan fingerprint density at radius 1 is 1.02 bits per heavy atom. The van der Waals surface area contributed by atoms with Crippen molar-refractivity contribution in [2.24, 2.45) is 0 Å². The molecule has 1 saturated heterocycles. The van der Waals surface area contributed by atoms with Gasteiger partial charge in [0.25, 0.3) is 0 Å². The molecule has 1 fully saturated rings. The Morgan fingerprint density at radius 2 is 1.72 bits per heavy atom. The van der Waals surface area contributed by atoms with Gasteiger partial charge in [0.1, 0.15) is 29.7 Å². The summed E-state index contributed by atoms with van der Waals surface area (Å²) in [6.45, 7) is 7.03. The van der Waals surface area contributed by atoms with Crippen LogP contribution in [0.4, 0.5) is 24.2 Å². The van der Waals surface area contributed by atoms with Crippen LogP contribution in [0.25, 0.3) is 10.8 Å². The third kappa shape index (κ3) is 9.96. The first kappa shape index (κ1) is 35.3. The molecule has 0 saturated carbocycles. The number of hydrogen-bond acceptors (Lipinski definition) is 8. The van der Waals surface area contributed by atoms with Crippen molar-refractivity contribution in [2.45, 2.75) is 52.3 Å². The molecule has 12 nitrogen and oxygen atoms in total. The summed E-state index contributed by atoms with van der Waals surface area (Å²) in [6, 6.07) is 8.87. The third-order valence-corrected chi connectivity index (χ3v) is 7.61. The average molecular weight is 675 g/mol. The molecular formula is C32H37ClF2N6O6. The molecule has 0 spiro atoms. The van der Waals surface area contributed by atoms with Crippen LogP contribution in [-0.4, -0.2) is 88.2 Å². The van der Waals surface area contributed by atoms with Crippen molar-refractivity contribution in [3.8, 4) is 0 Å². The van der Waals surface area contributed by atoms with E-state index in [0.717, 1.165) is 5.01 Å². The summed E-state index contributed by atoms with van der Waals surface area (Å²) >= 11 is 6.10. The van der Waals surface area contributed by atoms with Gasteiger partial charge in [-0.05, 0) is 62.1 Å². The Labute approximate surface area is 275 Å². The molecule has 0 bridgehead atoms. The van der Waals surface area contributed by atoms with Crippen molar-refractivity contribution in [3.05, 3.63) is 70.9 Å². The highest BCUT2D eigenvalue weighted by atomic mass is 35.5. The van der Waals surface area contributed by atoms with E-state index in [0.29, 0.717) is 16.3 Å². The molecule has 15 heteroatoms. The number of hydrogen-bond donors (Lipinski definition) is 2. The van der Waals surface area contributed by atoms with Gasteiger partial charge < -0.3 is 19.3 Å². The Morgan fingerprint density at radius 3 is 2.40 bits per heavy atom. The number of aromatic nitrogens is 1. The molecule has 3 aromatic rings. The van der Waals surface area contributed by atoms with E-state index in [1.54, 1.807) is 37.8 Å². The number of hydrazine groups is 1. The highest BCUT2D eigenvalue weighted by Gasteiger charge is 2.31. The van der Waals surface area contributed by atoms with Crippen LogP contribution in [0.15, 0.2) is 48.7 Å². The lowest BCUT2D eigenvalue weighted by Gasteiger charge is -2.37. The van der Waals surface area contributed by atoms with Crippen molar-refractivity contribution < 1.29 is 37.4 Å². The molecule has 0 radical (unpaired) electrons. The maximum Gasteiger partial charge on any atom is 0.412 e. The molecule has 2 aromatic carbocycles. The smallest absolute Gasteiger partial charge is 0.412 e. The van der Waals surface area contributed by atoms with Crippen LogP contribution in [0.3, 0.4) is 0 Å². The van der Waals surface area contributed by atoms with Crippen LogP contribution in [0.5, 0.6) is 0 Å². The van der Waals surface area contributed by atoms with Gasteiger partial charge in [-0.3, -0.25) is 19.9 Å². The fraction of sp³-hybridized carbons (Fsp3) is 0.406. The van der Waals surface area contributed by atoms with Gasteiger partial charge in [-0.1, -0.05) is 23.7 Å². The number of anilines is 1. The molecule has 47 heavy (non-hydrogen) atoms. The van der Waals surface area contributed by atoms with Gasteiger partial charge >= 0.3 is 12.2 Å². The molecule has 1 atom stereocenters. The van der Waals surface area contributed by atoms with Gasteiger partial charge in [-0.25, -0.2) is 28.8 Å². The maximum absolute atomic E-state index is 14.0. The first-order valence-corrected chi connectivity index (χ1v) is 15.3. The first-order valence-electron chi connectivity index (χ1n) is 14.9. The number of fused-ring (bicyclic) bond motifs is 1. The standard InChI is InChI=1S/C32H37ClF2N6O6/c1-20(42)41(37-18-22-6-5-7-26(35)29(22)33)25(16-28(43)39-10-12-40(13-11-39)31(45)47-32(2,3)4)19-46-30(44)38-27-15-23-14-24(34)9-8-21(23)17-36-27/h5-9,14-15,17,25,37H,10-13,16,18-19H2,1-4H3,(H,36,38,44)/t25-/m0/s1. The van der Waals surface area contributed by atoms with Crippen molar-refractivity contribution in [3.63, 3.8) is 0 Å². The van der Waals surface area contributed by atoms with E-state index in [-0.39, 0.29) is 55.9 Å². The second-order valence-electron chi connectivity index (χ2n) is 11.9. The van der Waals surface area contributed by atoms with E-state index >= 15 is 0 Å². The number of halogens is 3. The third-order valence-electron chi connectivity index (χ3n) is 7.19. The minimum Gasteiger partial charge on any atom is -0.447 e. The second kappa shape index (κ2) is 15.4. The first-order chi connectivity index (χ1) is 22.2. The predicted octanol–water partition coefficient (Wildman–Crippen LogP) is 5.11. The lowest BCUT2D eigenvalue weighted by molar-refractivity contribution is -0.141. The number of pyridine rings is 1. The Balaban J connectivity index is 1.45. The zero-order valence-electron chi connectivity index (χ0n) is 26.5. The molecule has 0 aliphatic carbocycles. The van der Waals surface area contributed by atoms with Crippen molar-refractivity contribution in [1.29, 1.82) is 0 Å². The monoisotopic (exact) mass is 674 g/mol. The van der Waals surface area contributed by atoms with Crippen LogP contribution < -0.4 is 10.7 Å². The molecule has 1 aromatic heterocycles. The average Bonchev–Trinajstić information content (AvgIpc) is 3.00. The lowest BCUT2D eigenvalue weighted by atomic mass is 10.1. The van der Waals surface area contributed by atoms with Crippen molar-refractivity contribution in [1.82, 2.24) is 25.2 Å². The van der Waals surface area contributed by atoms with Crippen molar-refractivity contribution in [2.75, 3.05) is 38.1 Å². The highest BCUT2D eigenvalue weighted by Crippen LogP contribution is 2.21. The van der Waals surface area contributed by atoms with Crippen LogP contribution in [-0.2, 0) is 25.6 Å². The van der Waals surface area contributed by atoms with Gasteiger partial charge in [-0.15, -0.1) is 0 Å². The number of nitrogens with zero attached hydrogens (tertiary/aromatic N) is 4. The molecule has 1 aliphatic heterocycles. The van der Waals surface area contributed by atoms with E-state index in [2.05, 4.69) is 15.7 Å². The zero-order chi connectivity index (χ0) is 34.3. The molecular weight excluding hydrogens is 638 g/mol. The number of carbonyl (C=O) groups is 4. The fourth-order valence-electron chi connectivity index (χ4n) is 4.87. The number of ether oxygens (including phenoxy) is 2. The Kier molecular flexibility index (Phi) is 11.5. The van der Waals surface area contributed by atoms with Gasteiger partial charge in [-0.2, -0.15) is 0 Å². The van der Waals surface area contributed by atoms with E-state index < -0.39 is 48.0 Å². The SMILES string of the molecule is CC(=O)N(NCc1cccc(F)c1Cl)[C@H](COC(=O)Nc1cc2cc(F)ccc2cn1)CC(=O)N1CCN(C(=O)OC(C)(C)C)CC1. The zero-order valence-corrected chi connectivity index (χ0v) is 27.3. The van der Waals surface area contributed by atoms with E-state index in [9.17, 15) is 28.0 Å². The summed E-state index contributed by atoms with van der Waals surface area (Å²) in [7, 11) is 0. The van der Waals surface area contributed by atoms with Crippen molar-refractivity contribution >= 4 is 52.2 Å². The predicted molar refractivity (Wildman–Crippen MR) is 170 cm³/mol. The summed E-state index contributed by atoms with van der Waals surface area (Å²) in [5.41, 5.74) is 2.59. The summed E-state index contributed by atoms with van der Waals surface area (Å²) < 4.78 is 38.6. The highest BCUT2D eigenvalue weighted by molar-refractivity contribution is 6.31. The topological polar surface area (TPSA) is 133 Å². The second-order valence-corrected chi connectivity index (χ2v) is 12.3. The molecule has 2 heterocycles. The molecule has 4 amide bonds. The maximum atomic E-state index is 14.0. The summed E-state index contributed by atoms with van der Waals surface area (Å²) in [6.07, 6.45) is -0.186. The number of rotatable bonds is 9. The minimum absolute atomic E-state index is 0.0702. The van der Waals surface area contributed by atoms with Crippen LogP contribution in [0.1, 0.15) is 39.7 Å². The van der Waals surface area contributed by atoms with E-state index in [1.165, 1.54) is 48.4 Å². The number of carbonyl (C=O) groups excluding carboxylic acids is 4. The van der Waals surface area contributed by atoms with Gasteiger partial charge in [0, 0.05) is 51.2 Å². The van der Waals surface area contributed by atoms with E-state index in [4.69, 9.17) is 21.1 Å². The Hall–Kier alpha value is -4.56. The molecule has 4 rings (SSSR count). The van der Waals surface area contributed by atoms with Crippen LogP contribution >= 0.6 is 11.6 Å². The molecule has 0 unspecified atom stereocenters. The lowest BCUT2D eigenvalue weighted by Crippen LogP contribution is -2.55. The molecule has 1 aliphatic rings. The van der Waals surface area contributed by atoms with Crippen LogP contribution in [0.2, 0.25) is 5.02 Å². The molecule has 2 N–H and O–H groups in total.